The summed E-state index contributed by atoms with van der Waals surface area (Å²) in [5.41, 5.74) is 5.99. The van der Waals surface area contributed by atoms with Gasteiger partial charge in [-0.1, -0.05) is 18.2 Å². The molecule has 0 fully saturated rings. The van der Waals surface area contributed by atoms with Crippen LogP contribution in [-0.4, -0.2) is 18.4 Å². The van der Waals surface area contributed by atoms with Gasteiger partial charge < -0.3 is 4.74 Å². The average molecular weight is 316 g/mol. The predicted octanol–water partition coefficient (Wildman–Crippen LogP) is 2.28. The molecule has 2 amide bonds. The van der Waals surface area contributed by atoms with Crippen LogP contribution in [0.1, 0.15) is 21.5 Å². The topological polar surface area (TPSA) is 67.4 Å². The maximum atomic E-state index is 13.4. The fourth-order valence-electron chi connectivity index (χ4n) is 1.82. The van der Waals surface area contributed by atoms with Gasteiger partial charge in [-0.3, -0.25) is 20.4 Å². The van der Waals surface area contributed by atoms with Crippen molar-refractivity contribution in [1.82, 2.24) is 10.9 Å². The average Bonchev–Trinajstić information content (AvgIpc) is 2.53. The van der Waals surface area contributed by atoms with Crippen LogP contribution < -0.4 is 15.6 Å². The third-order valence-corrected chi connectivity index (χ3v) is 3.11. The zero-order valence-electron chi connectivity index (χ0n) is 12.9. The fourth-order valence-corrected chi connectivity index (χ4v) is 1.82. The summed E-state index contributed by atoms with van der Waals surface area (Å²) >= 11 is 0. The molecule has 23 heavy (non-hydrogen) atoms. The highest BCUT2D eigenvalue weighted by Crippen LogP contribution is 2.12. The van der Waals surface area contributed by atoms with Gasteiger partial charge >= 0.3 is 0 Å². The van der Waals surface area contributed by atoms with Crippen LogP contribution in [0.2, 0.25) is 0 Å². The molecule has 0 aliphatic heterocycles. The van der Waals surface area contributed by atoms with Gasteiger partial charge in [-0.25, -0.2) is 4.39 Å². The summed E-state index contributed by atoms with van der Waals surface area (Å²) in [6, 6.07) is 11.3. The molecule has 2 rings (SSSR count). The second-order valence-corrected chi connectivity index (χ2v) is 5.07. The highest BCUT2D eigenvalue weighted by molar-refractivity contribution is 5.95. The lowest BCUT2D eigenvalue weighted by molar-refractivity contribution is -0.123. The van der Waals surface area contributed by atoms with E-state index in [-0.39, 0.29) is 12.2 Å². The highest BCUT2D eigenvalue weighted by atomic mass is 19.1. The Morgan fingerprint density at radius 2 is 1.87 bits per heavy atom. The lowest BCUT2D eigenvalue weighted by atomic mass is 10.1. The number of hydrogen-bond acceptors (Lipinski definition) is 3. The maximum Gasteiger partial charge on any atom is 0.276 e. The minimum absolute atomic E-state index is 0.119. The van der Waals surface area contributed by atoms with Crippen molar-refractivity contribution in [2.75, 3.05) is 6.61 Å². The first kappa shape index (κ1) is 16.5. The number of amides is 2. The van der Waals surface area contributed by atoms with Crippen LogP contribution in [0.5, 0.6) is 5.75 Å². The smallest absolute Gasteiger partial charge is 0.276 e. The summed E-state index contributed by atoms with van der Waals surface area (Å²) in [6.07, 6.45) is 0. The number of hydrogen-bond donors (Lipinski definition) is 2. The van der Waals surface area contributed by atoms with E-state index in [4.69, 9.17) is 4.74 Å². The lowest BCUT2D eigenvalue weighted by Crippen LogP contribution is -2.43. The predicted molar refractivity (Wildman–Crippen MR) is 83.4 cm³/mol. The molecule has 0 spiro atoms. The molecule has 0 radical (unpaired) electrons. The first-order valence-electron chi connectivity index (χ1n) is 7.00. The Hall–Kier alpha value is -2.89. The zero-order valence-corrected chi connectivity index (χ0v) is 12.9. The quantitative estimate of drug-likeness (QED) is 0.851. The lowest BCUT2D eigenvalue weighted by Gasteiger charge is -2.09. The Morgan fingerprint density at radius 1 is 1.09 bits per heavy atom. The van der Waals surface area contributed by atoms with Gasteiger partial charge in [-0.2, -0.15) is 0 Å². The largest absolute Gasteiger partial charge is 0.484 e. The van der Waals surface area contributed by atoms with Crippen molar-refractivity contribution >= 4 is 11.8 Å². The number of benzene rings is 2. The molecule has 0 atom stereocenters. The molecule has 0 bridgehead atoms. The molecular weight excluding hydrogens is 299 g/mol. The van der Waals surface area contributed by atoms with Gasteiger partial charge in [-0.15, -0.1) is 0 Å². The van der Waals surface area contributed by atoms with E-state index in [0.717, 1.165) is 11.6 Å². The van der Waals surface area contributed by atoms with Gasteiger partial charge in [0.15, 0.2) is 6.61 Å². The summed E-state index contributed by atoms with van der Waals surface area (Å²) in [7, 11) is 0. The Kier molecular flexibility index (Phi) is 5.30. The number of aryl methyl sites for hydroxylation is 2. The normalized spacial score (nSPS) is 10.0. The van der Waals surface area contributed by atoms with Crippen molar-refractivity contribution in [2.45, 2.75) is 13.8 Å². The third-order valence-electron chi connectivity index (χ3n) is 3.11. The van der Waals surface area contributed by atoms with E-state index >= 15 is 0 Å². The van der Waals surface area contributed by atoms with Crippen molar-refractivity contribution in [3.8, 4) is 5.75 Å². The molecular formula is C17H17FN2O3. The van der Waals surface area contributed by atoms with Gasteiger partial charge in [0.25, 0.3) is 11.8 Å². The standard InChI is InChI=1S/C17H17FN2O3/c1-11-4-3-5-14(8-11)23-10-16(21)19-20-17(22)13-7-6-12(2)15(18)9-13/h3-9H,10H2,1-2H3,(H,19,21)(H,20,22). The van der Waals surface area contributed by atoms with Crippen LogP contribution in [0.4, 0.5) is 4.39 Å². The van der Waals surface area contributed by atoms with Gasteiger partial charge in [0.2, 0.25) is 0 Å². The van der Waals surface area contributed by atoms with Gasteiger partial charge in [0, 0.05) is 5.56 Å². The number of ether oxygens (including phenoxy) is 1. The van der Waals surface area contributed by atoms with Crippen molar-refractivity contribution in [1.29, 1.82) is 0 Å². The number of nitrogens with one attached hydrogen (secondary N) is 2. The molecule has 0 aliphatic rings. The van der Waals surface area contributed by atoms with Crippen LogP contribution in [-0.2, 0) is 4.79 Å². The maximum absolute atomic E-state index is 13.4. The minimum atomic E-state index is -0.604. The molecule has 2 aromatic rings. The van der Waals surface area contributed by atoms with E-state index in [2.05, 4.69) is 10.9 Å². The number of rotatable bonds is 4. The Morgan fingerprint density at radius 3 is 2.57 bits per heavy atom. The molecule has 0 saturated heterocycles. The molecule has 0 saturated carbocycles. The van der Waals surface area contributed by atoms with Crippen LogP contribution in [0.15, 0.2) is 42.5 Å². The van der Waals surface area contributed by atoms with E-state index in [0.29, 0.717) is 11.3 Å². The van der Waals surface area contributed by atoms with Crippen LogP contribution in [0.25, 0.3) is 0 Å². The summed E-state index contributed by atoms with van der Waals surface area (Å²) in [4.78, 5) is 23.4. The Balaban J connectivity index is 1.81. The van der Waals surface area contributed by atoms with E-state index in [1.165, 1.54) is 12.1 Å². The SMILES string of the molecule is Cc1cccc(OCC(=O)NNC(=O)c2ccc(C)c(F)c2)c1. The van der Waals surface area contributed by atoms with Crippen molar-refractivity contribution in [2.24, 2.45) is 0 Å². The number of carbonyl (C=O) groups excluding carboxylic acids is 2. The second kappa shape index (κ2) is 7.40. The molecule has 6 heteroatoms. The zero-order chi connectivity index (χ0) is 16.8. The molecule has 0 heterocycles. The molecule has 0 unspecified atom stereocenters. The number of carbonyl (C=O) groups is 2. The molecule has 5 nitrogen and oxygen atoms in total. The highest BCUT2D eigenvalue weighted by Gasteiger charge is 2.09. The molecule has 0 aliphatic carbocycles. The number of halogens is 1. The molecule has 120 valence electrons. The Bertz CT molecular complexity index is 732. The summed E-state index contributed by atoms with van der Waals surface area (Å²) < 4.78 is 18.7. The van der Waals surface area contributed by atoms with E-state index in [9.17, 15) is 14.0 Å². The second-order valence-electron chi connectivity index (χ2n) is 5.07. The molecule has 0 aromatic heterocycles. The van der Waals surface area contributed by atoms with Crippen molar-refractivity contribution in [3.05, 3.63) is 65.0 Å². The first-order valence-corrected chi connectivity index (χ1v) is 7.00. The van der Waals surface area contributed by atoms with Crippen LogP contribution in [0, 0.1) is 19.7 Å². The van der Waals surface area contributed by atoms with Gasteiger partial charge in [-0.05, 0) is 49.2 Å². The third kappa shape index (κ3) is 4.81. The van der Waals surface area contributed by atoms with Crippen LogP contribution >= 0.6 is 0 Å². The first-order chi connectivity index (χ1) is 11.0. The van der Waals surface area contributed by atoms with Crippen LogP contribution in [0.3, 0.4) is 0 Å². The van der Waals surface area contributed by atoms with Crippen molar-refractivity contribution in [3.63, 3.8) is 0 Å². The summed E-state index contributed by atoms with van der Waals surface area (Å²) in [6.45, 7) is 3.27. The van der Waals surface area contributed by atoms with E-state index in [1.54, 1.807) is 19.1 Å². The summed E-state index contributed by atoms with van der Waals surface area (Å²) in [5, 5.41) is 0. The van der Waals surface area contributed by atoms with Crippen molar-refractivity contribution < 1.29 is 18.7 Å². The number of hydrazine groups is 1. The molecule has 2 N–H and O–H groups in total. The minimum Gasteiger partial charge on any atom is -0.484 e. The van der Waals surface area contributed by atoms with Gasteiger partial charge in [0.1, 0.15) is 11.6 Å². The Labute approximate surface area is 133 Å². The fraction of sp³-hybridized carbons (Fsp3) is 0.176. The van der Waals surface area contributed by atoms with E-state index in [1.807, 2.05) is 19.1 Å². The monoisotopic (exact) mass is 316 g/mol. The molecule has 2 aromatic carbocycles. The summed E-state index contributed by atoms with van der Waals surface area (Å²) in [5.74, 6) is -1.04. The van der Waals surface area contributed by atoms with Gasteiger partial charge in [0.05, 0.1) is 0 Å². The van der Waals surface area contributed by atoms with E-state index < -0.39 is 17.6 Å².